The highest BCUT2D eigenvalue weighted by molar-refractivity contribution is 6.01. The number of ether oxygens (including phenoxy) is 1. The van der Waals surface area contributed by atoms with Crippen LogP contribution in [0.25, 0.3) is 16.6 Å². The van der Waals surface area contributed by atoms with Gasteiger partial charge in [-0.25, -0.2) is 9.37 Å². The van der Waals surface area contributed by atoms with Gasteiger partial charge in [0.25, 0.3) is 5.91 Å². The molecule has 1 fully saturated rings. The molecule has 3 aromatic carbocycles. The summed E-state index contributed by atoms with van der Waals surface area (Å²) < 4.78 is 26.2. The molecule has 2 unspecified atom stereocenters. The number of nitrogens with zero attached hydrogens (tertiary/aromatic N) is 4. The van der Waals surface area contributed by atoms with Gasteiger partial charge < -0.3 is 34.7 Å². The maximum absolute atomic E-state index is 16.2. The Kier molecular flexibility index (Phi) is 7.98. The molecule has 12 heteroatoms. The monoisotopic (exact) mass is 661 g/mol. The topological polar surface area (TPSA) is 123 Å². The van der Waals surface area contributed by atoms with Gasteiger partial charge in [0, 0.05) is 75.4 Å². The van der Waals surface area contributed by atoms with Gasteiger partial charge in [0.1, 0.15) is 16.8 Å². The molecule has 3 aliphatic heterocycles. The molecule has 0 aliphatic carbocycles. The predicted octanol–water partition coefficient (Wildman–Crippen LogP) is 4.94. The zero-order chi connectivity index (χ0) is 33.5. The molecule has 8 rings (SSSR count). The molecule has 3 N–H and O–H groups in total. The smallest absolute Gasteiger partial charge is 0.256 e. The molecule has 49 heavy (non-hydrogen) atoms. The number of fused-ring (bicyclic) bond motifs is 3. The zero-order valence-corrected chi connectivity index (χ0v) is 26.8. The van der Waals surface area contributed by atoms with Crippen LogP contribution >= 0.6 is 0 Å². The summed E-state index contributed by atoms with van der Waals surface area (Å²) in [7, 11) is 0. The Morgan fingerprint density at radius 1 is 1.12 bits per heavy atom. The molecular weight excluding hydrogens is 625 g/mol. The summed E-state index contributed by atoms with van der Waals surface area (Å²) >= 11 is 0. The van der Waals surface area contributed by atoms with Gasteiger partial charge in [0.05, 0.1) is 17.4 Å². The second-order valence-corrected chi connectivity index (χ2v) is 12.9. The quantitative estimate of drug-likeness (QED) is 0.178. The minimum absolute atomic E-state index is 0.0249. The standard InChI is InChI=1S/C37H36FN7O4/c38-28-18-26-33-36(34(28)44-16-12-24(20-44)42-32(46)11-10-23-19-41-29-7-2-1-6-25(23)29)49-31-9-4-3-8-30(31)45(33)21-27(35(26)47)37(48)40-13-5-15-43-17-14-39-22-43/h1-4,6-9,14,17-18,21-24,41H,5,10-13,15-16,19-20H2,(H,40,48)(H,42,46). The maximum Gasteiger partial charge on any atom is 0.256 e. The first-order valence-electron chi connectivity index (χ1n) is 16.7. The summed E-state index contributed by atoms with van der Waals surface area (Å²) in [6.45, 7) is 2.73. The lowest BCUT2D eigenvalue weighted by Crippen LogP contribution is -2.37. The van der Waals surface area contributed by atoms with Crippen molar-refractivity contribution in [1.29, 1.82) is 0 Å². The van der Waals surface area contributed by atoms with Crippen LogP contribution in [0, 0.1) is 5.82 Å². The first kappa shape index (κ1) is 30.7. The van der Waals surface area contributed by atoms with Crippen LogP contribution in [0.5, 0.6) is 11.5 Å². The van der Waals surface area contributed by atoms with E-state index in [1.165, 1.54) is 17.8 Å². The third-order valence-electron chi connectivity index (χ3n) is 9.72. The number of rotatable bonds is 10. The van der Waals surface area contributed by atoms with E-state index in [-0.39, 0.29) is 34.3 Å². The van der Waals surface area contributed by atoms with Crippen LogP contribution in [0.4, 0.5) is 15.8 Å². The van der Waals surface area contributed by atoms with Crippen molar-refractivity contribution >= 4 is 34.1 Å². The fraction of sp³-hybridized carbons (Fsp3) is 0.297. The number of carbonyl (C=O) groups is 2. The van der Waals surface area contributed by atoms with Gasteiger partial charge in [-0.05, 0) is 49.1 Å². The van der Waals surface area contributed by atoms with E-state index >= 15 is 4.39 Å². The van der Waals surface area contributed by atoms with Crippen LogP contribution in [0.1, 0.15) is 47.5 Å². The molecule has 0 saturated carbocycles. The molecule has 5 heterocycles. The number of carbonyl (C=O) groups excluding carboxylic acids is 2. The van der Waals surface area contributed by atoms with E-state index in [4.69, 9.17) is 4.74 Å². The number of aryl methyl sites for hydroxylation is 1. The van der Waals surface area contributed by atoms with E-state index in [0.29, 0.717) is 68.3 Å². The molecule has 0 spiro atoms. The van der Waals surface area contributed by atoms with Gasteiger partial charge in [0.15, 0.2) is 17.3 Å². The van der Waals surface area contributed by atoms with Crippen molar-refractivity contribution in [3.8, 4) is 17.2 Å². The first-order valence-corrected chi connectivity index (χ1v) is 16.7. The molecule has 2 amide bonds. The van der Waals surface area contributed by atoms with Crippen molar-refractivity contribution in [2.45, 2.75) is 44.2 Å². The van der Waals surface area contributed by atoms with Gasteiger partial charge >= 0.3 is 0 Å². The van der Waals surface area contributed by atoms with E-state index in [1.807, 2.05) is 46.0 Å². The van der Waals surface area contributed by atoms with Crippen LogP contribution in [-0.4, -0.2) is 58.2 Å². The van der Waals surface area contributed by atoms with Gasteiger partial charge in [-0.3, -0.25) is 14.4 Å². The Morgan fingerprint density at radius 2 is 1.98 bits per heavy atom. The number of aromatic nitrogens is 3. The normalized spacial score (nSPS) is 17.3. The summed E-state index contributed by atoms with van der Waals surface area (Å²) in [6, 6.07) is 16.5. The Labute approximate surface area is 281 Å². The van der Waals surface area contributed by atoms with Crippen molar-refractivity contribution in [3.05, 3.63) is 107 Å². The number of pyridine rings is 1. The summed E-state index contributed by atoms with van der Waals surface area (Å²) in [5.74, 6) is -0.185. The van der Waals surface area contributed by atoms with E-state index in [0.717, 1.165) is 18.7 Å². The average Bonchev–Trinajstić information content (AvgIpc) is 3.89. The van der Waals surface area contributed by atoms with Crippen LogP contribution < -0.4 is 31.0 Å². The van der Waals surface area contributed by atoms with Crippen molar-refractivity contribution in [1.82, 2.24) is 24.8 Å². The zero-order valence-electron chi connectivity index (χ0n) is 26.8. The summed E-state index contributed by atoms with van der Waals surface area (Å²) in [6.07, 6.45) is 9.19. The molecule has 0 bridgehead atoms. The lowest BCUT2D eigenvalue weighted by atomic mass is 9.96. The predicted molar refractivity (Wildman–Crippen MR) is 184 cm³/mol. The number of imidazole rings is 1. The Balaban J connectivity index is 1.02. The minimum Gasteiger partial charge on any atom is -0.451 e. The fourth-order valence-corrected chi connectivity index (χ4v) is 7.29. The van der Waals surface area contributed by atoms with E-state index in [2.05, 4.69) is 33.1 Å². The van der Waals surface area contributed by atoms with Crippen molar-refractivity contribution in [2.75, 3.05) is 36.4 Å². The molecule has 2 aromatic heterocycles. The van der Waals surface area contributed by atoms with Crippen molar-refractivity contribution in [2.24, 2.45) is 0 Å². The van der Waals surface area contributed by atoms with Crippen molar-refractivity contribution < 1.29 is 18.7 Å². The molecule has 3 aliphatic rings. The van der Waals surface area contributed by atoms with Crippen LogP contribution in [-0.2, 0) is 11.3 Å². The number of para-hydroxylation sites is 3. The van der Waals surface area contributed by atoms with Crippen LogP contribution in [0.15, 0.2) is 84.3 Å². The van der Waals surface area contributed by atoms with Gasteiger partial charge in [-0.1, -0.05) is 30.3 Å². The highest BCUT2D eigenvalue weighted by Gasteiger charge is 2.34. The molecule has 5 aromatic rings. The highest BCUT2D eigenvalue weighted by atomic mass is 19.1. The lowest BCUT2D eigenvalue weighted by molar-refractivity contribution is -0.121. The van der Waals surface area contributed by atoms with E-state index in [9.17, 15) is 14.4 Å². The number of benzene rings is 3. The van der Waals surface area contributed by atoms with Gasteiger partial charge in [-0.15, -0.1) is 0 Å². The number of amides is 2. The molecule has 2 atom stereocenters. The Bertz CT molecular complexity index is 2130. The molecule has 11 nitrogen and oxygen atoms in total. The second-order valence-electron chi connectivity index (χ2n) is 12.9. The van der Waals surface area contributed by atoms with Gasteiger partial charge in [-0.2, -0.15) is 0 Å². The van der Waals surface area contributed by atoms with E-state index < -0.39 is 17.2 Å². The van der Waals surface area contributed by atoms with Gasteiger partial charge in [0.2, 0.25) is 11.3 Å². The third-order valence-corrected chi connectivity index (χ3v) is 9.72. The molecule has 0 radical (unpaired) electrons. The summed E-state index contributed by atoms with van der Waals surface area (Å²) in [5, 5.41) is 9.46. The highest BCUT2D eigenvalue weighted by Crippen LogP contribution is 2.47. The molecule has 1 saturated heterocycles. The number of nitrogens with one attached hydrogen (secondary N) is 3. The van der Waals surface area contributed by atoms with Crippen molar-refractivity contribution in [3.63, 3.8) is 0 Å². The number of hydrogen-bond donors (Lipinski definition) is 3. The van der Waals surface area contributed by atoms with Crippen LogP contribution in [0.2, 0.25) is 0 Å². The summed E-state index contributed by atoms with van der Waals surface area (Å²) in [4.78, 5) is 46.0. The molecule has 250 valence electrons. The largest absolute Gasteiger partial charge is 0.451 e. The fourth-order valence-electron chi connectivity index (χ4n) is 7.29. The van der Waals surface area contributed by atoms with Crippen LogP contribution in [0.3, 0.4) is 0 Å². The average molecular weight is 662 g/mol. The minimum atomic E-state index is -0.622. The third kappa shape index (κ3) is 5.77. The Hall–Kier alpha value is -5.65. The Morgan fingerprint density at radius 3 is 2.86 bits per heavy atom. The SMILES string of the molecule is O=C(CCC1CNc2ccccc21)NC1CCN(c2c(F)cc3c(=O)c(C(=O)NCCCn4ccnc4)cn4c3c2Oc2ccccc2-4)C1. The number of hydrogen-bond acceptors (Lipinski definition) is 7. The first-order chi connectivity index (χ1) is 23.9. The number of anilines is 2. The molecular formula is C37H36FN7O4. The summed E-state index contributed by atoms with van der Waals surface area (Å²) in [5.41, 5.74) is 3.00. The number of halogens is 1. The lowest BCUT2D eigenvalue weighted by Gasteiger charge is -2.29. The maximum atomic E-state index is 16.2. The second kappa shape index (κ2) is 12.8. The van der Waals surface area contributed by atoms with E-state index in [1.54, 1.807) is 23.2 Å².